The molecule has 0 aliphatic heterocycles. The minimum atomic E-state index is 0.359. The van der Waals surface area contributed by atoms with Crippen molar-refractivity contribution in [3.05, 3.63) is 0 Å². The quantitative estimate of drug-likeness (QED) is 0.454. The van der Waals surface area contributed by atoms with E-state index in [2.05, 4.69) is 31.4 Å². The normalized spacial score (nSPS) is 12.0. The van der Waals surface area contributed by atoms with Crippen LogP contribution in [-0.4, -0.2) is 25.7 Å². The lowest BCUT2D eigenvalue weighted by atomic mass is 9.88. The van der Waals surface area contributed by atoms with E-state index in [-0.39, 0.29) is 0 Å². The molecule has 0 radical (unpaired) electrons. The molecule has 0 aromatic carbocycles. The van der Waals surface area contributed by atoms with Gasteiger partial charge in [0.15, 0.2) is 0 Å². The number of unbranched alkanes of at least 4 members (excludes halogenated alkanes) is 6. The minimum absolute atomic E-state index is 0.359. The Labute approximate surface area is 122 Å². The van der Waals surface area contributed by atoms with Crippen molar-refractivity contribution < 1.29 is 0 Å². The zero-order chi connectivity index (χ0) is 14.4. The van der Waals surface area contributed by atoms with Crippen molar-refractivity contribution in [3.8, 4) is 0 Å². The second-order valence-electron chi connectivity index (χ2n) is 6.21. The molecular formula is C17H38N2. The molecule has 116 valence electrons. The van der Waals surface area contributed by atoms with E-state index in [9.17, 15) is 0 Å². The maximum atomic E-state index is 3.79. The van der Waals surface area contributed by atoms with Crippen LogP contribution < -0.4 is 10.6 Å². The van der Waals surface area contributed by atoms with E-state index in [1.807, 2.05) is 7.05 Å². The Hall–Kier alpha value is -0.0800. The Kier molecular flexibility index (Phi) is 12.9. The molecule has 0 fully saturated rings. The Morgan fingerprint density at radius 3 is 1.68 bits per heavy atom. The third-order valence-corrected chi connectivity index (χ3v) is 4.09. The Morgan fingerprint density at radius 1 is 0.737 bits per heavy atom. The summed E-state index contributed by atoms with van der Waals surface area (Å²) in [6, 6.07) is 0. The lowest BCUT2D eigenvalue weighted by Crippen LogP contribution is -2.45. The van der Waals surface area contributed by atoms with Gasteiger partial charge in [0, 0.05) is 18.6 Å². The maximum Gasteiger partial charge on any atom is 0.0153 e. The summed E-state index contributed by atoms with van der Waals surface area (Å²) >= 11 is 0. The van der Waals surface area contributed by atoms with Crippen molar-refractivity contribution in [2.45, 2.75) is 90.5 Å². The molecule has 0 aromatic heterocycles. The van der Waals surface area contributed by atoms with E-state index < -0.39 is 0 Å². The second-order valence-corrected chi connectivity index (χ2v) is 6.21. The first-order chi connectivity index (χ1) is 9.18. The van der Waals surface area contributed by atoms with E-state index in [0.717, 1.165) is 13.1 Å². The van der Waals surface area contributed by atoms with Crippen molar-refractivity contribution in [3.63, 3.8) is 0 Å². The van der Waals surface area contributed by atoms with Crippen LogP contribution in [0, 0.1) is 0 Å². The number of hydrogen-bond donors (Lipinski definition) is 2. The van der Waals surface area contributed by atoms with Crippen LogP contribution in [0.5, 0.6) is 0 Å². The predicted octanol–water partition coefficient (Wildman–Crippen LogP) is 4.49. The summed E-state index contributed by atoms with van der Waals surface area (Å²) in [4.78, 5) is 0. The average Bonchev–Trinajstić information content (AvgIpc) is 2.41. The van der Waals surface area contributed by atoms with Gasteiger partial charge < -0.3 is 10.6 Å². The molecule has 0 rings (SSSR count). The summed E-state index contributed by atoms with van der Waals surface area (Å²) in [7, 11) is 2.03. The van der Waals surface area contributed by atoms with E-state index in [4.69, 9.17) is 0 Å². The lowest BCUT2D eigenvalue weighted by molar-refractivity contribution is 0.288. The van der Waals surface area contributed by atoms with Gasteiger partial charge in [-0.3, -0.25) is 0 Å². The van der Waals surface area contributed by atoms with Gasteiger partial charge in [0.1, 0.15) is 0 Å². The Balaban J connectivity index is 3.96. The van der Waals surface area contributed by atoms with E-state index in [0.29, 0.717) is 5.54 Å². The smallest absolute Gasteiger partial charge is 0.0153 e. The van der Waals surface area contributed by atoms with Crippen LogP contribution in [0.15, 0.2) is 0 Å². The predicted molar refractivity (Wildman–Crippen MR) is 87.9 cm³/mol. The van der Waals surface area contributed by atoms with Gasteiger partial charge in [0.05, 0.1) is 0 Å². The molecule has 0 unspecified atom stereocenters. The first-order valence-corrected chi connectivity index (χ1v) is 8.58. The molecule has 19 heavy (non-hydrogen) atoms. The Morgan fingerprint density at radius 2 is 1.26 bits per heavy atom. The highest BCUT2D eigenvalue weighted by Gasteiger charge is 2.21. The fraction of sp³-hybridized carbons (Fsp3) is 1.00. The molecule has 0 aliphatic carbocycles. The SMILES string of the molecule is CCCCCCC(C)(CCCCCC)NCCNC. The van der Waals surface area contributed by atoms with E-state index in [1.165, 1.54) is 64.2 Å². The van der Waals surface area contributed by atoms with Crippen LogP contribution in [-0.2, 0) is 0 Å². The highest BCUT2D eigenvalue weighted by Crippen LogP contribution is 2.22. The maximum absolute atomic E-state index is 3.79. The zero-order valence-electron chi connectivity index (χ0n) is 14.0. The van der Waals surface area contributed by atoms with Crippen molar-refractivity contribution in [2.75, 3.05) is 20.1 Å². The van der Waals surface area contributed by atoms with Crippen LogP contribution in [0.2, 0.25) is 0 Å². The van der Waals surface area contributed by atoms with Gasteiger partial charge in [-0.25, -0.2) is 0 Å². The molecule has 0 saturated carbocycles. The fourth-order valence-electron chi connectivity index (χ4n) is 2.67. The third kappa shape index (κ3) is 11.4. The first kappa shape index (κ1) is 18.9. The molecule has 0 aromatic rings. The highest BCUT2D eigenvalue weighted by molar-refractivity contribution is 4.83. The molecule has 2 N–H and O–H groups in total. The number of likely N-dealkylation sites (N-methyl/N-ethyl adjacent to an activating group) is 1. The summed E-state index contributed by atoms with van der Waals surface area (Å²) in [5.41, 5.74) is 0.359. The van der Waals surface area contributed by atoms with Crippen molar-refractivity contribution in [1.82, 2.24) is 10.6 Å². The monoisotopic (exact) mass is 270 g/mol. The molecule has 0 saturated heterocycles. The molecule has 0 aliphatic rings. The van der Waals surface area contributed by atoms with Gasteiger partial charge in [-0.1, -0.05) is 65.2 Å². The van der Waals surface area contributed by atoms with Crippen LogP contribution in [0.3, 0.4) is 0 Å². The van der Waals surface area contributed by atoms with E-state index >= 15 is 0 Å². The molecule has 0 atom stereocenters. The topological polar surface area (TPSA) is 24.1 Å². The number of hydrogen-bond acceptors (Lipinski definition) is 2. The van der Waals surface area contributed by atoms with E-state index in [1.54, 1.807) is 0 Å². The van der Waals surface area contributed by atoms with Gasteiger partial charge in [-0.2, -0.15) is 0 Å². The fourth-order valence-corrected chi connectivity index (χ4v) is 2.67. The lowest BCUT2D eigenvalue weighted by Gasteiger charge is -2.31. The minimum Gasteiger partial charge on any atom is -0.318 e. The largest absolute Gasteiger partial charge is 0.318 e. The van der Waals surface area contributed by atoms with Crippen LogP contribution in [0.25, 0.3) is 0 Å². The van der Waals surface area contributed by atoms with Crippen LogP contribution in [0.4, 0.5) is 0 Å². The number of rotatable bonds is 14. The summed E-state index contributed by atoms with van der Waals surface area (Å²) in [5.74, 6) is 0. The van der Waals surface area contributed by atoms with Gasteiger partial charge in [0.25, 0.3) is 0 Å². The molecular weight excluding hydrogens is 232 g/mol. The molecule has 2 heteroatoms. The molecule has 0 bridgehead atoms. The Bertz CT molecular complexity index is 168. The van der Waals surface area contributed by atoms with Gasteiger partial charge in [0.2, 0.25) is 0 Å². The third-order valence-electron chi connectivity index (χ3n) is 4.09. The molecule has 0 heterocycles. The summed E-state index contributed by atoms with van der Waals surface area (Å²) < 4.78 is 0. The summed E-state index contributed by atoms with van der Waals surface area (Å²) in [6.45, 7) is 9.17. The van der Waals surface area contributed by atoms with Gasteiger partial charge in [-0.15, -0.1) is 0 Å². The first-order valence-electron chi connectivity index (χ1n) is 8.58. The van der Waals surface area contributed by atoms with Crippen molar-refractivity contribution >= 4 is 0 Å². The highest BCUT2D eigenvalue weighted by atomic mass is 15.0. The molecule has 0 spiro atoms. The van der Waals surface area contributed by atoms with Gasteiger partial charge in [-0.05, 0) is 26.8 Å². The van der Waals surface area contributed by atoms with Crippen LogP contribution >= 0.6 is 0 Å². The van der Waals surface area contributed by atoms with Crippen molar-refractivity contribution in [1.29, 1.82) is 0 Å². The van der Waals surface area contributed by atoms with Crippen LogP contribution in [0.1, 0.15) is 85.0 Å². The summed E-state index contributed by atoms with van der Waals surface area (Å²) in [5, 5.41) is 7.02. The average molecular weight is 271 g/mol. The molecule has 0 amide bonds. The standard InChI is InChI=1S/C17H38N2/c1-5-7-9-11-13-17(3,19-16-15-18-4)14-12-10-8-6-2/h18-19H,5-16H2,1-4H3. The van der Waals surface area contributed by atoms with Gasteiger partial charge >= 0.3 is 0 Å². The summed E-state index contributed by atoms with van der Waals surface area (Å²) in [6.07, 6.45) is 13.7. The second kappa shape index (κ2) is 12.9. The zero-order valence-corrected chi connectivity index (χ0v) is 14.0. The molecule has 2 nitrogen and oxygen atoms in total. The number of nitrogens with one attached hydrogen (secondary N) is 2. The van der Waals surface area contributed by atoms with Crippen molar-refractivity contribution in [2.24, 2.45) is 0 Å².